The Kier molecular flexibility index (Phi) is 2.13. The topological polar surface area (TPSA) is 34.1 Å². The Balaban J connectivity index is 3.00. The van der Waals surface area contributed by atoms with Crippen LogP contribution in [0, 0.1) is 0 Å². The normalized spacial score (nSPS) is 19.1. The fraction of sp³-hybridized carbons (Fsp3) is 0.429. The van der Waals surface area contributed by atoms with Gasteiger partial charge in [-0.1, -0.05) is 0 Å². The van der Waals surface area contributed by atoms with Crippen molar-refractivity contribution in [3.05, 3.63) is 22.9 Å². The molecule has 1 aliphatic rings. The highest BCUT2D eigenvalue weighted by Crippen LogP contribution is 2.21. The molecule has 0 unspecified atom stereocenters. The van der Waals surface area contributed by atoms with Gasteiger partial charge in [-0.3, -0.25) is 0 Å². The Labute approximate surface area is 65.3 Å². The van der Waals surface area contributed by atoms with Crippen molar-refractivity contribution in [2.75, 3.05) is 6.26 Å². The van der Waals surface area contributed by atoms with Gasteiger partial charge in [-0.2, -0.15) is 0 Å². The van der Waals surface area contributed by atoms with Gasteiger partial charge in [-0.05, 0) is 25.0 Å². The molecule has 0 atom stereocenters. The molecule has 1 aliphatic carbocycles. The highest BCUT2D eigenvalue weighted by molar-refractivity contribution is 7.94. The molecule has 0 saturated heterocycles. The van der Waals surface area contributed by atoms with E-state index in [1.54, 1.807) is 0 Å². The van der Waals surface area contributed by atoms with Gasteiger partial charge in [0.15, 0.2) is 9.84 Å². The van der Waals surface area contributed by atoms with E-state index in [2.05, 4.69) is 0 Å². The first kappa shape index (κ1) is 8.46. The van der Waals surface area contributed by atoms with Gasteiger partial charge in [0.2, 0.25) is 0 Å². The van der Waals surface area contributed by atoms with Crippen LogP contribution in [-0.2, 0) is 9.84 Å². The van der Waals surface area contributed by atoms with E-state index < -0.39 is 15.7 Å². The molecule has 1 rings (SSSR count). The first-order chi connectivity index (χ1) is 5.00. The molecule has 0 saturated carbocycles. The fourth-order valence-electron chi connectivity index (χ4n) is 0.930. The summed E-state index contributed by atoms with van der Waals surface area (Å²) in [4.78, 5) is 0.192. The number of halogens is 1. The Morgan fingerprint density at radius 2 is 2.18 bits per heavy atom. The first-order valence-corrected chi connectivity index (χ1v) is 5.15. The summed E-state index contributed by atoms with van der Waals surface area (Å²) in [7, 11) is -3.18. The molecule has 0 fully saturated rings. The smallest absolute Gasteiger partial charge is 0.171 e. The molecular formula is C7H9FO2S. The molecule has 0 radical (unpaired) electrons. The zero-order valence-corrected chi connectivity index (χ0v) is 6.99. The van der Waals surface area contributed by atoms with Crippen molar-refractivity contribution in [3.63, 3.8) is 0 Å². The van der Waals surface area contributed by atoms with E-state index in [1.807, 2.05) is 0 Å². The van der Waals surface area contributed by atoms with Crippen molar-refractivity contribution in [1.82, 2.24) is 0 Å². The summed E-state index contributed by atoms with van der Waals surface area (Å²) < 4.78 is 34.2. The maximum absolute atomic E-state index is 12.5. The second-order valence-corrected chi connectivity index (χ2v) is 4.58. The molecule has 0 spiro atoms. The number of sulfone groups is 1. The standard InChI is InChI=1S/C7H9FO2S/c1-11(9,10)7-4-2-3-6(8)5-7/h3,5H,2,4H2,1H3. The van der Waals surface area contributed by atoms with Crippen LogP contribution in [0.15, 0.2) is 22.9 Å². The van der Waals surface area contributed by atoms with E-state index in [-0.39, 0.29) is 4.91 Å². The third-order valence-electron chi connectivity index (χ3n) is 1.51. The van der Waals surface area contributed by atoms with Crippen molar-refractivity contribution < 1.29 is 12.8 Å². The van der Waals surface area contributed by atoms with Gasteiger partial charge in [0.05, 0.1) is 0 Å². The molecule has 0 heterocycles. The number of rotatable bonds is 1. The summed E-state index contributed by atoms with van der Waals surface area (Å²) in [5, 5.41) is 0. The molecule has 0 aromatic heterocycles. The maximum Gasteiger partial charge on any atom is 0.171 e. The predicted molar refractivity (Wildman–Crippen MR) is 41.4 cm³/mol. The number of hydrogen-bond donors (Lipinski definition) is 0. The monoisotopic (exact) mass is 176 g/mol. The van der Waals surface area contributed by atoms with Gasteiger partial charge in [0, 0.05) is 11.2 Å². The molecule has 0 aromatic rings. The van der Waals surface area contributed by atoms with Gasteiger partial charge in [0.25, 0.3) is 0 Å². The van der Waals surface area contributed by atoms with E-state index in [4.69, 9.17) is 0 Å². The van der Waals surface area contributed by atoms with Crippen molar-refractivity contribution in [1.29, 1.82) is 0 Å². The van der Waals surface area contributed by atoms with Crippen LogP contribution in [0.4, 0.5) is 4.39 Å². The quantitative estimate of drug-likeness (QED) is 0.607. The summed E-state index contributed by atoms with van der Waals surface area (Å²) in [6, 6.07) is 0. The maximum atomic E-state index is 12.5. The third kappa shape index (κ3) is 2.15. The number of hydrogen-bond acceptors (Lipinski definition) is 2. The molecule has 11 heavy (non-hydrogen) atoms. The molecule has 0 aliphatic heterocycles. The van der Waals surface area contributed by atoms with Crippen LogP contribution in [0.2, 0.25) is 0 Å². The predicted octanol–water partition coefficient (Wildman–Crippen LogP) is 1.56. The minimum absolute atomic E-state index is 0.192. The van der Waals surface area contributed by atoms with Gasteiger partial charge in [-0.25, -0.2) is 12.8 Å². The zero-order valence-electron chi connectivity index (χ0n) is 6.17. The van der Waals surface area contributed by atoms with Crippen molar-refractivity contribution in [2.45, 2.75) is 12.8 Å². The van der Waals surface area contributed by atoms with E-state index in [9.17, 15) is 12.8 Å². The van der Waals surface area contributed by atoms with Crippen LogP contribution in [0.3, 0.4) is 0 Å². The van der Waals surface area contributed by atoms with E-state index in [0.29, 0.717) is 12.8 Å². The van der Waals surface area contributed by atoms with Crippen LogP contribution in [0.5, 0.6) is 0 Å². The summed E-state index contributed by atoms with van der Waals surface area (Å²) in [6.45, 7) is 0. The lowest BCUT2D eigenvalue weighted by molar-refractivity contribution is 0.602. The van der Waals surface area contributed by atoms with Crippen molar-refractivity contribution in [3.8, 4) is 0 Å². The lowest BCUT2D eigenvalue weighted by atomic mass is 10.2. The lowest BCUT2D eigenvalue weighted by Gasteiger charge is -2.06. The molecule has 0 aromatic carbocycles. The summed E-state index contributed by atoms with van der Waals surface area (Å²) in [5.74, 6) is -0.448. The van der Waals surface area contributed by atoms with Crippen LogP contribution in [0.1, 0.15) is 12.8 Å². The second kappa shape index (κ2) is 2.77. The second-order valence-electron chi connectivity index (χ2n) is 2.51. The van der Waals surface area contributed by atoms with Crippen molar-refractivity contribution in [2.24, 2.45) is 0 Å². The average Bonchev–Trinajstić information content (AvgIpc) is 1.86. The largest absolute Gasteiger partial charge is 0.224 e. The van der Waals surface area contributed by atoms with Crippen LogP contribution < -0.4 is 0 Å². The fourth-order valence-corrected chi connectivity index (χ4v) is 1.74. The lowest BCUT2D eigenvalue weighted by Crippen LogP contribution is -2.03. The molecule has 4 heteroatoms. The minimum atomic E-state index is -3.18. The van der Waals surface area contributed by atoms with Gasteiger partial charge >= 0.3 is 0 Å². The summed E-state index contributed by atoms with van der Waals surface area (Å²) in [5.41, 5.74) is 0. The van der Waals surface area contributed by atoms with E-state index >= 15 is 0 Å². The Bertz CT molecular complexity index is 311. The zero-order chi connectivity index (χ0) is 8.48. The van der Waals surface area contributed by atoms with Gasteiger partial charge in [0.1, 0.15) is 5.83 Å². The molecule has 62 valence electrons. The van der Waals surface area contributed by atoms with Crippen LogP contribution in [0.25, 0.3) is 0 Å². The van der Waals surface area contributed by atoms with E-state index in [1.165, 1.54) is 6.08 Å². The summed E-state index contributed by atoms with van der Waals surface area (Å²) >= 11 is 0. The molecule has 0 amide bonds. The number of allylic oxidation sites excluding steroid dienone is 4. The van der Waals surface area contributed by atoms with Gasteiger partial charge < -0.3 is 0 Å². The Hall–Kier alpha value is -0.640. The SMILES string of the molecule is CS(=O)(=O)C1=CC(F)=CCC1. The van der Waals surface area contributed by atoms with Crippen molar-refractivity contribution >= 4 is 9.84 Å². The molecular weight excluding hydrogens is 167 g/mol. The first-order valence-electron chi connectivity index (χ1n) is 3.26. The van der Waals surface area contributed by atoms with Crippen LogP contribution in [-0.4, -0.2) is 14.7 Å². The summed E-state index contributed by atoms with van der Waals surface area (Å²) in [6.07, 6.45) is 4.46. The highest BCUT2D eigenvalue weighted by atomic mass is 32.2. The molecule has 2 nitrogen and oxygen atoms in total. The minimum Gasteiger partial charge on any atom is -0.224 e. The van der Waals surface area contributed by atoms with Gasteiger partial charge in [-0.15, -0.1) is 0 Å². The molecule has 0 bridgehead atoms. The molecule has 0 N–H and O–H groups in total. The van der Waals surface area contributed by atoms with E-state index in [0.717, 1.165) is 12.3 Å². The third-order valence-corrected chi connectivity index (χ3v) is 2.78. The highest BCUT2D eigenvalue weighted by Gasteiger charge is 2.14. The van der Waals surface area contributed by atoms with Crippen LogP contribution >= 0.6 is 0 Å². The Morgan fingerprint density at radius 3 is 2.55 bits per heavy atom. The Morgan fingerprint density at radius 1 is 1.55 bits per heavy atom. The average molecular weight is 176 g/mol.